The van der Waals surface area contributed by atoms with E-state index < -0.39 is 65.5 Å². The first-order valence-electron chi connectivity index (χ1n) is 16.1. The van der Waals surface area contributed by atoms with Crippen molar-refractivity contribution in [1.82, 2.24) is 15.8 Å². The quantitative estimate of drug-likeness (QED) is 0.202. The number of alkyl carbamates (subject to hydrolysis) is 1. The Morgan fingerprint density at radius 2 is 1.27 bits per heavy atom. The SMILES string of the molecule is CC(C)(C)OC(=O)NN1C[C@H](C(=O)OC(c2ccccc2)c2ccccc2)[C@H](C(=O)OC(C)(C)C)[C@H](O)[C@H]1NC(=O)OCc1ccccc1. The number of aliphatic hydroxyl groups is 1. The van der Waals surface area contributed by atoms with Crippen LogP contribution < -0.4 is 10.7 Å². The number of carbonyl (C=O) groups is 4. The molecule has 0 radical (unpaired) electrons. The first kappa shape index (κ1) is 36.9. The number of aliphatic hydroxyl groups excluding tert-OH is 1. The Bertz CT molecular complexity index is 1520. The van der Waals surface area contributed by atoms with Gasteiger partial charge in [-0.25, -0.2) is 9.59 Å². The molecule has 1 aliphatic heterocycles. The highest BCUT2D eigenvalue weighted by Gasteiger charge is 2.53. The van der Waals surface area contributed by atoms with Gasteiger partial charge in [-0.15, -0.1) is 0 Å². The monoisotopic (exact) mass is 675 g/mol. The molecular weight excluding hydrogens is 630 g/mol. The molecule has 49 heavy (non-hydrogen) atoms. The van der Waals surface area contributed by atoms with E-state index in [2.05, 4.69) is 10.7 Å². The molecule has 2 amide bonds. The van der Waals surface area contributed by atoms with Gasteiger partial charge in [-0.2, -0.15) is 5.01 Å². The summed E-state index contributed by atoms with van der Waals surface area (Å²) in [7, 11) is 0. The Labute approximate surface area is 286 Å². The zero-order valence-corrected chi connectivity index (χ0v) is 28.6. The average molecular weight is 676 g/mol. The summed E-state index contributed by atoms with van der Waals surface area (Å²) in [5, 5.41) is 15.5. The number of rotatable bonds is 9. The van der Waals surface area contributed by atoms with Gasteiger partial charge in [-0.1, -0.05) is 91.0 Å². The number of carbonyl (C=O) groups excluding carboxylic acids is 4. The molecule has 3 N–H and O–H groups in total. The molecule has 1 saturated heterocycles. The largest absolute Gasteiger partial charge is 0.460 e. The molecule has 0 saturated carbocycles. The lowest BCUT2D eigenvalue weighted by molar-refractivity contribution is -0.187. The molecule has 1 aliphatic rings. The van der Waals surface area contributed by atoms with E-state index in [9.17, 15) is 24.3 Å². The van der Waals surface area contributed by atoms with Crippen LogP contribution in [0, 0.1) is 11.8 Å². The topological polar surface area (TPSA) is 153 Å². The van der Waals surface area contributed by atoms with Gasteiger partial charge in [0, 0.05) is 6.54 Å². The standard InChI is InChI=1S/C37H45N3O9/c1-36(2,3)48-33(43)28-27(32(42)47-30(25-18-12-8-13-19-25)26-20-14-9-15-21-26)22-40(39-35(45)49-37(4,5)6)31(29(28)41)38-34(44)46-23-24-16-10-7-11-17-24/h7-21,27-31,41H,22-23H2,1-6H3,(H,38,44)(H,39,45)/t27-,28-,29-,31-/m0/s1. The van der Waals surface area contributed by atoms with Crippen LogP contribution in [0.4, 0.5) is 9.59 Å². The third kappa shape index (κ3) is 10.8. The number of amides is 2. The number of piperidine rings is 1. The Morgan fingerprint density at radius 3 is 1.78 bits per heavy atom. The lowest BCUT2D eigenvalue weighted by atomic mass is 9.81. The highest BCUT2D eigenvalue weighted by atomic mass is 16.6. The number of nitrogens with one attached hydrogen (secondary N) is 2. The maximum atomic E-state index is 14.2. The van der Waals surface area contributed by atoms with Gasteiger partial charge < -0.3 is 29.4 Å². The second-order valence-corrected chi connectivity index (χ2v) is 13.7. The summed E-state index contributed by atoms with van der Waals surface area (Å²) < 4.78 is 22.6. The second kappa shape index (κ2) is 16.0. The Morgan fingerprint density at radius 1 is 0.755 bits per heavy atom. The van der Waals surface area contributed by atoms with Crippen molar-refractivity contribution in [3.05, 3.63) is 108 Å². The average Bonchev–Trinajstić information content (AvgIpc) is 3.03. The fourth-order valence-electron chi connectivity index (χ4n) is 5.32. The summed E-state index contributed by atoms with van der Waals surface area (Å²) in [4.78, 5) is 54.0. The van der Waals surface area contributed by atoms with E-state index in [4.69, 9.17) is 18.9 Å². The van der Waals surface area contributed by atoms with Crippen LogP contribution in [0.2, 0.25) is 0 Å². The van der Waals surface area contributed by atoms with Crippen LogP contribution >= 0.6 is 0 Å². The summed E-state index contributed by atoms with van der Waals surface area (Å²) in [5.41, 5.74) is 2.72. The summed E-state index contributed by atoms with van der Waals surface area (Å²) >= 11 is 0. The minimum atomic E-state index is -1.78. The van der Waals surface area contributed by atoms with Crippen LogP contribution in [-0.2, 0) is 35.1 Å². The van der Waals surface area contributed by atoms with Crippen molar-refractivity contribution in [1.29, 1.82) is 0 Å². The van der Waals surface area contributed by atoms with E-state index in [1.54, 1.807) is 65.8 Å². The molecule has 0 bridgehead atoms. The van der Waals surface area contributed by atoms with E-state index in [0.717, 1.165) is 5.01 Å². The molecule has 1 fully saturated rings. The highest BCUT2D eigenvalue weighted by molar-refractivity contribution is 5.84. The molecule has 3 aromatic carbocycles. The van der Waals surface area contributed by atoms with E-state index >= 15 is 0 Å². The maximum Gasteiger partial charge on any atom is 0.422 e. The molecule has 0 unspecified atom stereocenters. The molecule has 0 aromatic heterocycles. The first-order valence-corrected chi connectivity index (χ1v) is 16.1. The van der Waals surface area contributed by atoms with E-state index in [-0.39, 0.29) is 13.2 Å². The van der Waals surface area contributed by atoms with Crippen molar-refractivity contribution in [3.8, 4) is 0 Å². The fourth-order valence-corrected chi connectivity index (χ4v) is 5.32. The zero-order valence-electron chi connectivity index (χ0n) is 28.6. The predicted molar refractivity (Wildman–Crippen MR) is 179 cm³/mol. The minimum Gasteiger partial charge on any atom is -0.460 e. The molecule has 3 aromatic rings. The number of hydrogen-bond donors (Lipinski definition) is 3. The smallest absolute Gasteiger partial charge is 0.422 e. The first-order chi connectivity index (χ1) is 23.1. The molecule has 12 nitrogen and oxygen atoms in total. The van der Waals surface area contributed by atoms with Crippen LogP contribution in [0.3, 0.4) is 0 Å². The van der Waals surface area contributed by atoms with Gasteiger partial charge >= 0.3 is 24.1 Å². The van der Waals surface area contributed by atoms with E-state index in [1.807, 2.05) is 66.7 Å². The molecule has 262 valence electrons. The molecule has 12 heteroatoms. The molecular formula is C37H45N3O9. The normalized spacial score (nSPS) is 19.8. The predicted octanol–water partition coefficient (Wildman–Crippen LogP) is 5.26. The Balaban J connectivity index is 1.68. The van der Waals surface area contributed by atoms with Crippen molar-refractivity contribution in [2.45, 2.75) is 77.7 Å². The molecule has 0 aliphatic carbocycles. The maximum absolute atomic E-state index is 14.2. The summed E-state index contributed by atoms with van der Waals surface area (Å²) in [5.74, 6) is -4.61. The fraction of sp³-hybridized carbons (Fsp3) is 0.405. The number of benzene rings is 3. The number of ether oxygens (including phenoxy) is 4. The van der Waals surface area contributed by atoms with Crippen molar-refractivity contribution >= 4 is 24.1 Å². The lowest BCUT2D eigenvalue weighted by Crippen LogP contribution is -2.70. The lowest BCUT2D eigenvalue weighted by Gasteiger charge is -2.45. The van der Waals surface area contributed by atoms with Crippen molar-refractivity contribution in [2.75, 3.05) is 6.54 Å². The minimum absolute atomic E-state index is 0.0835. The summed E-state index contributed by atoms with van der Waals surface area (Å²) in [6, 6.07) is 27.1. The molecule has 1 heterocycles. The van der Waals surface area contributed by atoms with Crippen LogP contribution in [0.15, 0.2) is 91.0 Å². The molecule has 4 atom stereocenters. The number of hydrazine groups is 1. The second-order valence-electron chi connectivity index (χ2n) is 13.7. The Kier molecular flexibility index (Phi) is 12.0. The van der Waals surface area contributed by atoms with Crippen LogP contribution in [-0.4, -0.2) is 64.3 Å². The highest BCUT2D eigenvalue weighted by Crippen LogP contribution is 2.34. The van der Waals surface area contributed by atoms with Crippen LogP contribution in [0.1, 0.15) is 64.3 Å². The Hall–Kier alpha value is -4.94. The molecule has 4 rings (SSSR count). The number of hydrogen-bond acceptors (Lipinski definition) is 10. The van der Waals surface area contributed by atoms with Crippen molar-refractivity contribution in [2.24, 2.45) is 11.8 Å². The van der Waals surface area contributed by atoms with Crippen LogP contribution in [0.25, 0.3) is 0 Å². The van der Waals surface area contributed by atoms with E-state index in [0.29, 0.717) is 16.7 Å². The zero-order chi connectivity index (χ0) is 35.8. The van der Waals surface area contributed by atoms with Gasteiger partial charge in [0.15, 0.2) is 6.10 Å². The van der Waals surface area contributed by atoms with Gasteiger partial charge in [-0.3, -0.25) is 15.0 Å². The van der Waals surface area contributed by atoms with Gasteiger partial charge in [0.25, 0.3) is 0 Å². The van der Waals surface area contributed by atoms with Gasteiger partial charge in [0.2, 0.25) is 0 Å². The number of esters is 2. The summed E-state index contributed by atoms with van der Waals surface area (Å²) in [6.07, 6.45) is -5.95. The third-order valence-corrected chi connectivity index (χ3v) is 7.39. The third-order valence-electron chi connectivity index (χ3n) is 7.39. The van der Waals surface area contributed by atoms with Crippen molar-refractivity contribution < 1.29 is 43.2 Å². The van der Waals surface area contributed by atoms with Gasteiger partial charge in [0.05, 0.1) is 5.92 Å². The number of nitrogens with zero attached hydrogens (tertiary/aromatic N) is 1. The van der Waals surface area contributed by atoms with Crippen molar-refractivity contribution in [3.63, 3.8) is 0 Å². The molecule has 0 spiro atoms. The van der Waals surface area contributed by atoms with Crippen LogP contribution in [0.5, 0.6) is 0 Å². The summed E-state index contributed by atoms with van der Waals surface area (Å²) in [6.45, 7) is 9.50. The van der Waals surface area contributed by atoms with Gasteiger partial charge in [-0.05, 0) is 58.2 Å². The van der Waals surface area contributed by atoms with Gasteiger partial charge in [0.1, 0.15) is 36.0 Å². The van der Waals surface area contributed by atoms with E-state index in [1.165, 1.54) is 0 Å².